The Morgan fingerprint density at radius 1 is 0.750 bits per heavy atom. The molecule has 0 bridgehead atoms. The van der Waals surface area contributed by atoms with Crippen LogP contribution in [0.15, 0.2) is 22.1 Å². The van der Waals surface area contributed by atoms with Crippen molar-refractivity contribution in [1.82, 2.24) is 5.32 Å². The lowest BCUT2D eigenvalue weighted by Gasteiger charge is -2.31. The van der Waals surface area contributed by atoms with E-state index in [9.17, 15) is 0 Å². The van der Waals surface area contributed by atoms with Crippen LogP contribution in [0.1, 0.15) is 96.3 Å². The molecule has 4 nitrogen and oxygen atoms in total. The molecule has 0 aromatic carbocycles. The van der Waals surface area contributed by atoms with Crippen LogP contribution < -0.4 is 11.1 Å². The molecule has 0 heterocycles. The van der Waals surface area contributed by atoms with Gasteiger partial charge in [-0.05, 0) is 96.3 Å². The normalized spacial score (nSPS) is 37.0. The summed E-state index contributed by atoms with van der Waals surface area (Å²) < 4.78 is 0. The van der Waals surface area contributed by atoms with Gasteiger partial charge in [0.2, 0.25) is 0 Å². The second-order valence-electron chi connectivity index (χ2n) is 9.60. The van der Waals surface area contributed by atoms with Crippen LogP contribution in [0.5, 0.6) is 0 Å². The van der Waals surface area contributed by atoms with Gasteiger partial charge in [-0.15, -0.1) is 0 Å². The highest BCUT2D eigenvalue weighted by Gasteiger charge is 2.24. The third-order valence-corrected chi connectivity index (χ3v) is 7.28. The number of nitrogens with zero attached hydrogens (tertiary/aromatic N) is 2. The lowest BCUT2D eigenvalue weighted by atomic mass is 9.89. The topological polar surface area (TPSA) is 62.8 Å². The predicted molar refractivity (Wildman–Crippen MR) is 120 cm³/mol. The van der Waals surface area contributed by atoms with Crippen molar-refractivity contribution < 1.29 is 0 Å². The van der Waals surface area contributed by atoms with Gasteiger partial charge in [0, 0.05) is 41.6 Å². The minimum absolute atomic E-state index is 0.422. The van der Waals surface area contributed by atoms with E-state index in [4.69, 9.17) is 15.7 Å². The summed E-state index contributed by atoms with van der Waals surface area (Å²) in [6.07, 6.45) is 23.1. The SMILES string of the molecule is NC1CCC(N=C2CCC(=NC3CCC(NC4C=CCCC4)CC3)CC2)CC1. The Kier molecular flexibility index (Phi) is 7.36. The highest BCUT2D eigenvalue weighted by atomic mass is 15.0. The van der Waals surface area contributed by atoms with Crippen LogP contribution in [0.25, 0.3) is 0 Å². The van der Waals surface area contributed by atoms with Crippen LogP contribution in [-0.4, -0.2) is 41.6 Å². The van der Waals surface area contributed by atoms with Crippen LogP contribution in [0, 0.1) is 0 Å². The molecule has 1 unspecified atom stereocenters. The van der Waals surface area contributed by atoms with E-state index in [1.54, 1.807) is 0 Å². The lowest BCUT2D eigenvalue weighted by molar-refractivity contribution is 0.321. The molecule has 4 aliphatic carbocycles. The summed E-state index contributed by atoms with van der Waals surface area (Å²) in [4.78, 5) is 10.2. The molecule has 4 rings (SSSR count). The van der Waals surface area contributed by atoms with Gasteiger partial charge in [-0.25, -0.2) is 0 Å². The number of allylic oxidation sites excluding steroid dienone is 1. The summed E-state index contributed by atoms with van der Waals surface area (Å²) in [5.41, 5.74) is 8.94. The molecular formula is C24H40N4. The fraction of sp³-hybridized carbons (Fsp3) is 0.833. The monoisotopic (exact) mass is 384 g/mol. The van der Waals surface area contributed by atoms with Gasteiger partial charge in [0.15, 0.2) is 0 Å². The number of rotatable bonds is 4. The smallest absolute Gasteiger partial charge is 0.0500 e. The quantitative estimate of drug-likeness (QED) is 0.689. The average Bonchev–Trinajstić information content (AvgIpc) is 2.73. The summed E-state index contributed by atoms with van der Waals surface area (Å²) in [6.45, 7) is 0. The Balaban J connectivity index is 1.18. The first-order valence-corrected chi connectivity index (χ1v) is 12.0. The van der Waals surface area contributed by atoms with Crippen LogP contribution in [0.4, 0.5) is 0 Å². The van der Waals surface area contributed by atoms with Crippen LogP contribution in [0.2, 0.25) is 0 Å². The first-order chi connectivity index (χ1) is 13.7. The van der Waals surface area contributed by atoms with Gasteiger partial charge < -0.3 is 11.1 Å². The fourth-order valence-corrected chi connectivity index (χ4v) is 5.46. The van der Waals surface area contributed by atoms with Gasteiger partial charge in [0.1, 0.15) is 0 Å². The number of hydrogen-bond acceptors (Lipinski definition) is 4. The van der Waals surface area contributed by atoms with Gasteiger partial charge in [-0.1, -0.05) is 12.2 Å². The molecule has 3 saturated carbocycles. The van der Waals surface area contributed by atoms with Gasteiger partial charge in [0.05, 0.1) is 0 Å². The van der Waals surface area contributed by atoms with Crippen molar-refractivity contribution in [3.8, 4) is 0 Å². The molecule has 0 amide bonds. The zero-order chi connectivity index (χ0) is 19.2. The molecule has 1 atom stereocenters. The van der Waals surface area contributed by atoms with Crippen molar-refractivity contribution in [2.45, 2.75) is 127 Å². The molecule has 0 spiro atoms. The second kappa shape index (κ2) is 10.2. The van der Waals surface area contributed by atoms with Crippen molar-refractivity contribution in [3.63, 3.8) is 0 Å². The maximum atomic E-state index is 6.02. The molecule has 0 aliphatic heterocycles. The number of aliphatic imine (C=N–C) groups is 2. The van der Waals surface area contributed by atoms with E-state index in [2.05, 4.69) is 17.5 Å². The van der Waals surface area contributed by atoms with Gasteiger partial charge in [-0.3, -0.25) is 9.98 Å². The molecule has 3 N–H and O–H groups in total. The number of nitrogens with two attached hydrogens (primary N) is 1. The van der Waals surface area contributed by atoms with Crippen molar-refractivity contribution in [2.24, 2.45) is 15.7 Å². The first kappa shape index (κ1) is 20.3. The van der Waals surface area contributed by atoms with E-state index in [0.29, 0.717) is 30.2 Å². The Morgan fingerprint density at radius 3 is 1.86 bits per heavy atom. The third kappa shape index (κ3) is 6.00. The fourth-order valence-electron chi connectivity index (χ4n) is 5.46. The maximum absolute atomic E-state index is 6.02. The number of nitrogens with one attached hydrogen (secondary N) is 1. The molecule has 0 aromatic heterocycles. The highest BCUT2D eigenvalue weighted by molar-refractivity contribution is 5.98. The minimum atomic E-state index is 0.422. The summed E-state index contributed by atoms with van der Waals surface area (Å²) in [5.74, 6) is 0. The highest BCUT2D eigenvalue weighted by Crippen LogP contribution is 2.26. The van der Waals surface area contributed by atoms with Gasteiger partial charge in [-0.2, -0.15) is 0 Å². The average molecular weight is 385 g/mol. The van der Waals surface area contributed by atoms with E-state index >= 15 is 0 Å². The van der Waals surface area contributed by atoms with Crippen molar-refractivity contribution in [1.29, 1.82) is 0 Å². The van der Waals surface area contributed by atoms with E-state index in [1.807, 2.05) is 0 Å². The summed E-state index contributed by atoms with van der Waals surface area (Å²) in [7, 11) is 0. The van der Waals surface area contributed by atoms with Crippen LogP contribution >= 0.6 is 0 Å². The van der Waals surface area contributed by atoms with Crippen LogP contribution in [0.3, 0.4) is 0 Å². The Hall–Kier alpha value is -1.00. The Morgan fingerprint density at radius 2 is 1.32 bits per heavy atom. The van der Waals surface area contributed by atoms with Crippen LogP contribution in [-0.2, 0) is 0 Å². The standard InChI is InChI=1S/C24H40N4/c25-18-6-8-20(9-7-18)27-22-14-16-24(17-15-22)28-23-12-10-21(11-13-23)26-19-4-2-1-3-5-19/h2,4,18-21,23,26H,1,3,5-17,25H2. The third-order valence-electron chi connectivity index (χ3n) is 7.28. The van der Waals surface area contributed by atoms with E-state index in [1.165, 1.54) is 69.2 Å². The molecule has 4 aliphatic rings. The Labute approximate surface area is 171 Å². The van der Waals surface area contributed by atoms with Crippen molar-refractivity contribution in [3.05, 3.63) is 12.2 Å². The largest absolute Gasteiger partial charge is 0.328 e. The van der Waals surface area contributed by atoms with Crippen molar-refractivity contribution >= 4 is 11.4 Å². The lowest BCUT2D eigenvalue weighted by Crippen LogP contribution is -2.40. The molecular weight excluding hydrogens is 344 g/mol. The summed E-state index contributed by atoms with van der Waals surface area (Å²) in [5, 5.41) is 3.87. The molecule has 0 aromatic rings. The molecule has 28 heavy (non-hydrogen) atoms. The van der Waals surface area contributed by atoms with E-state index in [0.717, 1.165) is 38.5 Å². The first-order valence-electron chi connectivity index (χ1n) is 12.0. The number of hydrogen-bond donors (Lipinski definition) is 2. The zero-order valence-corrected chi connectivity index (χ0v) is 17.6. The molecule has 156 valence electrons. The minimum Gasteiger partial charge on any atom is -0.328 e. The predicted octanol–water partition coefficient (Wildman–Crippen LogP) is 4.72. The molecule has 4 heteroatoms. The summed E-state index contributed by atoms with van der Waals surface area (Å²) >= 11 is 0. The van der Waals surface area contributed by atoms with Crippen molar-refractivity contribution in [2.75, 3.05) is 0 Å². The second-order valence-corrected chi connectivity index (χ2v) is 9.60. The maximum Gasteiger partial charge on any atom is 0.0500 e. The zero-order valence-electron chi connectivity index (χ0n) is 17.6. The van der Waals surface area contributed by atoms with E-state index < -0.39 is 0 Å². The Bertz CT molecular complexity index is 565. The molecule has 3 fully saturated rings. The molecule has 0 radical (unpaired) electrons. The molecule has 0 saturated heterocycles. The van der Waals surface area contributed by atoms with Gasteiger partial charge >= 0.3 is 0 Å². The van der Waals surface area contributed by atoms with Gasteiger partial charge in [0.25, 0.3) is 0 Å². The van der Waals surface area contributed by atoms with E-state index in [-0.39, 0.29) is 0 Å². The summed E-state index contributed by atoms with van der Waals surface area (Å²) in [6, 6.07) is 2.88.